The quantitative estimate of drug-likeness (QED) is 0.643. The standard InChI is InChI=1S/C17H13Cl2N5O.C2H6/c18-13-4-1-3-12(15(13)19)17(25)23-8-5-11-14(9-23)20-10-21-16(11)24-7-2-6-22-24;1-2/h1-4,6-7,10H,5,8-9H2;1-2H3. The van der Waals surface area contributed by atoms with Crippen molar-refractivity contribution in [3.63, 3.8) is 0 Å². The number of hydrogen-bond donors (Lipinski definition) is 0. The van der Waals surface area contributed by atoms with Crippen molar-refractivity contribution in [1.82, 2.24) is 24.6 Å². The van der Waals surface area contributed by atoms with Crippen LogP contribution in [-0.4, -0.2) is 37.1 Å². The molecule has 1 aliphatic heterocycles. The van der Waals surface area contributed by atoms with Crippen LogP contribution in [-0.2, 0) is 13.0 Å². The van der Waals surface area contributed by atoms with Crippen LogP contribution in [0.15, 0.2) is 43.0 Å². The first kappa shape index (κ1) is 19.3. The van der Waals surface area contributed by atoms with Crippen LogP contribution in [0.1, 0.15) is 35.5 Å². The normalized spacial score (nSPS) is 12.8. The van der Waals surface area contributed by atoms with Gasteiger partial charge in [0.25, 0.3) is 5.91 Å². The van der Waals surface area contributed by atoms with Crippen molar-refractivity contribution in [2.45, 2.75) is 26.8 Å². The summed E-state index contributed by atoms with van der Waals surface area (Å²) in [6, 6.07) is 6.91. The largest absolute Gasteiger partial charge is 0.332 e. The van der Waals surface area contributed by atoms with Gasteiger partial charge >= 0.3 is 0 Å². The molecule has 0 unspecified atom stereocenters. The zero-order valence-electron chi connectivity index (χ0n) is 15.1. The number of fused-ring (bicyclic) bond motifs is 1. The SMILES string of the molecule is CC.O=C(c1cccc(Cl)c1Cl)N1CCc2c(ncnc2-n2cccn2)C1. The lowest BCUT2D eigenvalue weighted by atomic mass is 10.0. The first-order chi connectivity index (χ1) is 13.1. The van der Waals surface area contributed by atoms with E-state index in [0.29, 0.717) is 30.1 Å². The van der Waals surface area contributed by atoms with Crippen LogP contribution in [0, 0.1) is 0 Å². The predicted octanol–water partition coefficient (Wildman–Crippen LogP) is 4.19. The van der Waals surface area contributed by atoms with Crippen LogP contribution in [0.2, 0.25) is 10.0 Å². The highest BCUT2D eigenvalue weighted by molar-refractivity contribution is 6.43. The number of carbonyl (C=O) groups is 1. The highest BCUT2D eigenvalue weighted by Gasteiger charge is 2.27. The molecule has 27 heavy (non-hydrogen) atoms. The van der Waals surface area contributed by atoms with Gasteiger partial charge < -0.3 is 4.90 Å². The molecule has 1 aliphatic rings. The second-order valence-electron chi connectivity index (χ2n) is 5.65. The van der Waals surface area contributed by atoms with Gasteiger partial charge in [0.2, 0.25) is 0 Å². The molecule has 0 atom stereocenters. The van der Waals surface area contributed by atoms with Crippen molar-refractivity contribution < 1.29 is 4.79 Å². The number of benzene rings is 1. The average molecular weight is 404 g/mol. The number of halogens is 2. The molecular formula is C19H19Cl2N5O. The van der Waals surface area contributed by atoms with Crippen LogP contribution in [0.4, 0.5) is 0 Å². The summed E-state index contributed by atoms with van der Waals surface area (Å²) < 4.78 is 1.71. The predicted molar refractivity (Wildman–Crippen MR) is 105 cm³/mol. The molecular weight excluding hydrogens is 385 g/mol. The van der Waals surface area contributed by atoms with E-state index in [2.05, 4.69) is 15.1 Å². The maximum atomic E-state index is 12.8. The van der Waals surface area contributed by atoms with E-state index in [1.54, 1.807) is 34.0 Å². The van der Waals surface area contributed by atoms with Gasteiger partial charge in [0.1, 0.15) is 6.33 Å². The maximum absolute atomic E-state index is 12.8. The van der Waals surface area contributed by atoms with Crippen LogP contribution in [0.3, 0.4) is 0 Å². The fourth-order valence-corrected chi connectivity index (χ4v) is 3.32. The molecule has 0 radical (unpaired) electrons. The summed E-state index contributed by atoms with van der Waals surface area (Å²) in [7, 11) is 0. The van der Waals surface area contributed by atoms with Gasteiger partial charge in [-0.15, -0.1) is 0 Å². The maximum Gasteiger partial charge on any atom is 0.255 e. The molecule has 1 aromatic carbocycles. The molecule has 1 amide bonds. The van der Waals surface area contributed by atoms with Gasteiger partial charge in [0.15, 0.2) is 5.82 Å². The number of hydrogen-bond acceptors (Lipinski definition) is 4. The first-order valence-corrected chi connectivity index (χ1v) is 9.47. The molecule has 3 aromatic rings. The Kier molecular flexibility index (Phi) is 6.08. The van der Waals surface area contributed by atoms with E-state index in [-0.39, 0.29) is 10.9 Å². The Morgan fingerprint density at radius 2 is 1.96 bits per heavy atom. The van der Waals surface area contributed by atoms with Gasteiger partial charge in [0, 0.05) is 24.5 Å². The number of rotatable bonds is 2. The molecule has 3 heterocycles. The Bertz CT molecular complexity index is 943. The Morgan fingerprint density at radius 3 is 2.70 bits per heavy atom. The van der Waals surface area contributed by atoms with Gasteiger partial charge in [-0.2, -0.15) is 5.10 Å². The Morgan fingerprint density at radius 1 is 1.15 bits per heavy atom. The lowest BCUT2D eigenvalue weighted by Gasteiger charge is -2.29. The molecule has 6 nitrogen and oxygen atoms in total. The molecule has 0 spiro atoms. The number of carbonyl (C=O) groups excluding carboxylic acids is 1. The molecule has 0 fully saturated rings. The number of nitrogens with zero attached hydrogens (tertiary/aromatic N) is 5. The van der Waals surface area contributed by atoms with Crippen molar-refractivity contribution >= 4 is 29.1 Å². The van der Waals surface area contributed by atoms with Crippen molar-refractivity contribution in [1.29, 1.82) is 0 Å². The fourth-order valence-electron chi connectivity index (χ4n) is 2.94. The highest BCUT2D eigenvalue weighted by Crippen LogP contribution is 2.28. The summed E-state index contributed by atoms with van der Waals surface area (Å²) in [5.74, 6) is 0.597. The third-order valence-corrected chi connectivity index (χ3v) is 4.99. The van der Waals surface area contributed by atoms with E-state index >= 15 is 0 Å². The summed E-state index contributed by atoms with van der Waals surface area (Å²) in [4.78, 5) is 23.2. The molecule has 0 aliphatic carbocycles. The van der Waals surface area contributed by atoms with E-state index in [9.17, 15) is 4.79 Å². The number of aromatic nitrogens is 4. The molecule has 0 N–H and O–H groups in total. The molecule has 8 heteroatoms. The van der Waals surface area contributed by atoms with Gasteiger partial charge in [-0.05, 0) is 24.6 Å². The summed E-state index contributed by atoms with van der Waals surface area (Å²) in [5, 5.41) is 4.88. The number of amides is 1. The highest BCUT2D eigenvalue weighted by atomic mass is 35.5. The van der Waals surface area contributed by atoms with E-state index < -0.39 is 0 Å². The van der Waals surface area contributed by atoms with Crippen molar-refractivity contribution in [3.8, 4) is 5.82 Å². The minimum Gasteiger partial charge on any atom is -0.332 e. The Hall–Kier alpha value is -2.44. The van der Waals surface area contributed by atoms with Gasteiger partial charge in [-0.1, -0.05) is 43.1 Å². The van der Waals surface area contributed by atoms with E-state index in [1.165, 1.54) is 6.33 Å². The molecule has 0 saturated carbocycles. The summed E-state index contributed by atoms with van der Waals surface area (Å²) in [6.45, 7) is 4.95. The second kappa shape index (κ2) is 8.50. The molecule has 2 aromatic heterocycles. The van der Waals surface area contributed by atoms with Crippen LogP contribution in [0.25, 0.3) is 5.82 Å². The average Bonchev–Trinajstić information content (AvgIpc) is 3.25. The zero-order chi connectivity index (χ0) is 19.4. The minimum atomic E-state index is -0.155. The third kappa shape index (κ3) is 3.82. The van der Waals surface area contributed by atoms with E-state index in [0.717, 1.165) is 17.1 Å². The summed E-state index contributed by atoms with van der Waals surface area (Å²) in [6.07, 6.45) is 5.69. The molecule has 140 valence electrons. The fraction of sp³-hybridized carbons (Fsp3) is 0.263. The van der Waals surface area contributed by atoms with Gasteiger partial charge in [-0.3, -0.25) is 4.79 Å². The van der Waals surface area contributed by atoms with E-state index in [4.69, 9.17) is 23.2 Å². The first-order valence-electron chi connectivity index (χ1n) is 8.71. The Labute approximate surface area is 167 Å². The summed E-state index contributed by atoms with van der Waals surface area (Å²) >= 11 is 12.2. The topological polar surface area (TPSA) is 63.9 Å². The van der Waals surface area contributed by atoms with Crippen LogP contribution >= 0.6 is 23.2 Å². The van der Waals surface area contributed by atoms with Crippen molar-refractivity contribution in [3.05, 3.63) is 69.9 Å². The molecule has 0 bridgehead atoms. The molecule has 4 rings (SSSR count). The van der Waals surface area contributed by atoms with E-state index in [1.807, 2.05) is 26.1 Å². The monoisotopic (exact) mass is 403 g/mol. The summed E-state index contributed by atoms with van der Waals surface area (Å²) in [5.41, 5.74) is 2.23. The smallest absolute Gasteiger partial charge is 0.255 e. The zero-order valence-corrected chi connectivity index (χ0v) is 16.6. The minimum absolute atomic E-state index is 0.155. The lowest BCUT2D eigenvalue weighted by molar-refractivity contribution is 0.0731. The van der Waals surface area contributed by atoms with Gasteiger partial charge in [-0.25, -0.2) is 14.6 Å². The Balaban J connectivity index is 0.00000102. The van der Waals surface area contributed by atoms with Crippen LogP contribution in [0.5, 0.6) is 0 Å². The third-order valence-electron chi connectivity index (χ3n) is 4.17. The molecule has 0 saturated heterocycles. The lowest BCUT2D eigenvalue weighted by Crippen LogP contribution is -2.37. The second-order valence-corrected chi connectivity index (χ2v) is 6.44. The van der Waals surface area contributed by atoms with Gasteiger partial charge in [0.05, 0.1) is 27.8 Å². The van der Waals surface area contributed by atoms with Crippen molar-refractivity contribution in [2.24, 2.45) is 0 Å². The van der Waals surface area contributed by atoms with Crippen molar-refractivity contribution in [2.75, 3.05) is 6.54 Å². The van der Waals surface area contributed by atoms with Crippen LogP contribution < -0.4 is 0 Å².